The van der Waals surface area contributed by atoms with Gasteiger partial charge in [0.05, 0.1) is 11.7 Å². The average molecular weight is 251 g/mol. The molecule has 100 valence electrons. The number of β-amino-alcohol motifs (C(OH)–C–C–N with tert-alkyl or cyclic N) is 1. The van der Waals surface area contributed by atoms with Gasteiger partial charge in [-0.15, -0.1) is 0 Å². The van der Waals surface area contributed by atoms with Crippen molar-refractivity contribution in [1.82, 2.24) is 9.80 Å². The van der Waals surface area contributed by atoms with Crippen LogP contribution >= 0.6 is 0 Å². The van der Waals surface area contributed by atoms with Crippen LogP contribution in [-0.4, -0.2) is 59.1 Å². The van der Waals surface area contributed by atoms with Crippen LogP contribution < -0.4 is 0 Å². The first-order valence-electron chi connectivity index (χ1n) is 6.52. The number of aliphatic hydroxyl groups is 1. The fraction of sp³-hybridized carbons (Fsp3) is 0.846. The van der Waals surface area contributed by atoms with E-state index in [1.54, 1.807) is 18.7 Å². The van der Waals surface area contributed by atoms with Gasteiger partial charge in [0.15, 0.2) is 0 Å². The molecule has 5 heteroatoms. The van der Waals surface area contributed by atoms with E-state index in [1.807, 2.05) is 0 Å². The van der Waals surface area contributed by atoms with Crippen molar-refractivity contribution in [2.45, 2.75) is 32.3 Å². The third-order valence-corrected chi connectivity index (χ3v) is 3.64. The lowest BCUT2D eigenvalue weighted by molar-refractivity contribution is -0.137. The first-order chi connectivity index (χ1) is 8.36. The minimum atomic E-state index is -0.698. The molecule has 0 unspecified atom stereocenters. The summed E-state index contributed by atoms with van der Waals surface area (Å²) in [4.78, 5) is 16.1. The van der Waals surface area contributed by atoms with E-state index < -0.39 is 11.0 Å². The number of carbonyl (C=O) groups is 1. The second kappa shape index (κ2) is 4.52. The van der Waals surface area contributed by atoms with Gasteiger partial charge in [-0.2, -0.15) is 5.26 Å². The van der Waals surface area contributed by atoms with Crippen molar-refractivity contribution < 1.29 is 9.90 Å². The molecular weight excluding hydrogens is 230 g/mol. The SMILES string of the molecule is CC(C)(O)CN1CCN(C(=O)C2(C#N)CC2)CC1. The van der Waals surface area contributed by atoms with Crippen LogP contribution in [0.4, 0.5) is 0 Å². The fourth-order valence-electron chi connectivity index (χ4n) is 2.46. The van der Waals surface area contributed by atoms with Crippen molar-refractivity contribution in [3.05, 3.63) is 0 Å². The van der Waals surface area contributed by atoms with Crippen LogP contribution in [-0.2, 0) is 4.79 Å². The lowest BCUT2D eigenvalue weighted by atomic mass is 10.1. The molecule has 2 fully saturated rings. The zero-order valence-electron chi connectivity index (χ0n) is 11.1. The first kappa shape index (κ1) is 13.3. The number of carbonyl (C=O) groups excluding carboxylic acids is 1. The number of hydrogen-bond acceptors (Lipinski definition) is 4. The maximum absolute atomic E-state index is 12.1. The molecule has 2 aliphatic rings. The number of hydrogen-bond donors (Lipinski definition) is 1. The van der Waals surface area contributed by atoms with Crippen molar-refractivity contribution in [3.8, 4) is 6.07 Å². The van der Waals surface area contributed by atoms with Gasteiger partial charge in [0, 0.05) is 32.7 Å². The van der Waals surface area contributed by atoms with E-state index in [1.165, 1.54) is 0 Å². The summed E-state index contributed by atoms with van der Waals surface area (Å²) in [6, 6.07) is 2.15. The number of piperazine rings is 1. The molecule has 0 spiro atoms. The maximum Gasteiger partial charge on any atom is 0.243 e. The zero-order chi connectivity index (χ0) is 13.4. The topological polar surface area (TPSA) is 67.6 Å². The molecule has 0 atom stereocenters. The summed E-state index contributed by atoms with van der Waals surface area (Å²) in [6.45, 7) is 7.09. The van der Waals surface area contributed by atoms with E-state index >= 15 is 0 Å². The Hall–Kier alpha value is -1.12. The molecule has 18 heavy (non-hydrogen) atoms. The fourth-order valence-corrected chi connectivity index (χ4v) is 2.46. The summed E-state index contributed by atoms with van der Waals surface area (Å²) in [6.07, 6.45) is 1.43. The highest BCUT2D eigenvalue weighted by atomic mass is 16.3. The quantitative estimate of drug-likeness (QED) is 0.778. The second-order valence-corrected chi connectivity index (χ2v) is 6.07. The van der Waals surface area contributed by atoms with Crippen LogP contribution in [0.15, 0.2) is 0 Å². The minimum Gasteiger partial charge on any atom is -0.389 e. The molecule has 0 aromatic rings. The lowest BCUT2D eigenvalue weighted by Gasteiger charge is -2.37. The summed E-state index contributed by atoms with van der Waals surface area (Å²) >= 11 is 0. The Kier molecular flexibility index (Phi) is 3.35. The Morgan fingerprint density at radius 2 is 1.89 bits per heavy atom. The molecular formula is C13H21N3O2. The van der Waals surface area contributed by atoms with Gasteiger partial charge in [-0.05, 0) is 26.7 Å². The summed E-state index contributed by atoms with van der Waals surface area (Å²) in [7, 11) is 0. The van der Waals surface area contributed by atoms with E-state index in [-0.39, 0.29) is 5.91 Å². The normalized spacial score (nSPS) is 23.6. The number of amides is 1. The van der Waals surface area contributed by atoms with Crippen molar-refractivity contribution >= 4 is 5.91 Å². The standard InChI is InChI=1S/C13H21N3O2/c1-12(2,18)10-15-5-7-16(8-6-15)11(17)13(9-14)3-4-13/h18H,3-8,10H2,1-2H3. The summed E-state index contributed by atoms with van der Waals surface area (Å²) in [5, 5.41) is 18.8. The molecule has 1 heterocycles. The van der Waals surface area contributed by atoms with Gasteiger partial charge in [-0.1, -0.05) is 0 Å². The molecule has 0 radical (unpaired) electrons. The molecule has 2 rings (SSSR count). The molecule has 1 aliphatic carbocycles. The van der Waals surface area contributed by atoms with Crippen molar-refractivity contribution in [2.75, 3.05) is 32.7 Å². The molecule has 1 N–H and O–H groups in total. The van der Waals surface area contributed by atoms with Gasteiger partial charge >= 0.3 is 0 Å². The van der Waals surface area contributed by atoms with E-state index in [0.717, 1.165) is 13.1 Å². The Balaban J connectivity index is 1.84. The number of rotatable bonds is 3. The molecule has 1 saturated carbocycles. The van der Waals surface area contributed by atoms with Gasteiger partial charge in [0.25, 0.3) is 0 Å². The monoisotopic (exact) mass is 251 g/mol. The van der Waals surface area contributed by atoms with Crippen LogP contribution in [0, 0.1) is 16.7 Å². The summed E-state index contributed by atoms with van der Waals surface area (Å²) in [5.74, 6) is 0.00732. The third-order valence-electron chi connectivity index (χ3n) is 3.64. The predicted molar refractivity (Wildman–Crippen MR) is 66.6 cm³/mol. The maximum atomic E-state index is 12.1. The van der Waals surface area contributed by atoms with Crippen LogP contribution in [0.25, 0.3) is 0 Å². The summed E-state index contributed by atoms with van der Waals surface area (Å²) < 4.78 is 0. The van der Waals surface area contributed by atoms with E-state index in [4.69, 9.17) is 5.26 Å². The van der Waals surface area contributed by atoms with Gasteiger partial charge in [-0.3, -0.25) is 9.69 Å². The van der Waals surface area contributed by atoms with E-state index in [0.29, 0.717) is 32.5 Å². The Morgan fingerprint density at radius 1 is 1.33 bits per heavy atom. The first-order valence-corrected chi connectivity index (χ1v) is 6.52. The average Bonchev–Trinajstić information content (AvgIpc) is 3.08. The van der Waals surface area contributed by atoms with Crippen LogP contribution in [0.5, 0.6) is 0 Å². The Labute approximate surface area is 108 Å². The van der Waals surface area contributed by atoms with Gasteiger partial charge in [-0.25, -0.2) is 0 Å². The van der Waals surface area contributed by atoms with Crippen molar-refractivity contribution in [3.63, 3.8) is 0 Å². The third kappa shape index (κ3) is 2.82. The molecule has 1 amide bonds. The largest absolute Gasteiger partial charge is 0.389 e. The Bertz CT molecular complexity index is 369. The van der Waals surface area contributed by atoms with Gasteiger partial charge in [0.1, 0.15) is 5.41 Å². The van der Waals surface area contributed by atoms with E-state index in [9.17, 15) is 9.90 Å². The van der Waals surface area contributed by atoms with E-state index in [2.05, 4.69) is 11.0 Å². The van der Waals surface area contributed by atoms with Crippen molar-refractivity contribution in [1.29, 1.82) is 5.26 Å². The molecule has 0 aromatic carbocycles. The number of nitrogens with zero attached hydrogens (tertiary/aromatic N) is 3. The van der Waals surface area contributed by atoms with Crippen LogP contribution in [0.2, 0.25) is 0 Å². The molecule has 5 nitrogen and oxygen atoms in total. The highest BCUT2D eigenvalue weighted by molar-refractivity contribution is 5.88. The second-order valence-electron chi connectivity index (χ2n) is 6.07. The molecule has 1 aliphatic heterocycles. The van der Waals surface area contributed by atoms with Gasteiger partial charge in [0.2, 0.25) is 5.91 Å². The van der Waals surface area contributed by atoms with Crippen molar-refractivity contribution in [2.24, 2.45) is 5.41 Å². The zero-order valence-corrected chi connectivity index (χ0v) is 11.1. The molecule has 0 aromatic heterocycles. The predicted octanol–water partition coefficient (Wildman–Crippen LogP) is 0.205. The lowest BCUT2D eigenvalue weighted by Crippen LogP contribution is -2.53. The molecule has 0 bridgehead atoms. The Morgan fingerprint density at radius 3 is 2.28 bits per heavy atom. The smallest absolute Gasteiger partial charge is 0.243 e. The van der Waals surface area contributed by atoms with Crippen LogP contribution in [0.1, 0.15) is 26.7 Å². The minimum absolute atomic E-state index is 0.00732. The molecule has 1 saturated heterocycles. The number of nitriles is 1. The summed E-state index contributed by atoms with van der Waals surface area (Å²) in [5.41, 5.74) is -1.39. The van der Waals surface area contributed by atoms with Crippen LogP contribution in [0.3, 0.4) is 0 Å². The highest BCUT2D eigenvalue weighted by Crippen LogP contribution is 2.46. The van der Waals surface area contributed by atoms with Gasteiger partial charge < -0.3 is 10.0 Å². The highest BCUT2D eigenvalue weighted by Gasteiger charge is 2.52.